The summed E-state index contributed by atoms with van der Waals surface area (Å²) in [5.41, 5.74) is -0.554. The van der Waals surface area contributed by atoms with Crippen molar-refractivity contribution in [3.8, 4) is 17.0 Å². The summed E-state index contributed by atoms with van der Waals surface area (Å²) < 4.78 is 44.9. The molecule has 1 heterocycles. The maximum Gasteiger partial charge on any atom is 0.416 e. The Labute approximate surface area is 197 Å². The van der Waals surface area contributed by atoms with Crippen LogP contribution in [0.1, 0.15) is 27.9 Å². The van der Waals surface area contributed by atoms with E-state index < -0.39 is 41.6 Å². The second kappa shape index (κ2) is 10.2. The number of amides is 2. The molecule has 0 fully saturated rings. The van der Waals surface area contributed by atoms with Crippen molar-refractivity contribution in [1.29, 1.82) is 0 Å². The normalized spacial score (nSPS) is 11.0. The highest BCUT2D eigenvalue weighted by Crippen LogP contribution is 2.37. The largest absolute Gasteiger partial charge is 0.530 e. The van der Waals surface area contributed by atoms with Crippen molar-refractivity contribution in [2.24, 2.45) is 0 Å². The number of nitrogens with one attached hydrogen (secondary N) is 2. The number of anilines is 2. The first kappa shape index (κ1) is 25.2. The zero-order valence-electron chi connectivity index (χ0n) is 18.5. The fraction of sp³-hybridized carbons (Fsp3) is 0.167. The molecule has 3 aromatic rings. The van der Waals surface area contributed by atoms with Crippen LogP contribution in [-0.2, 0) is 11.0 Å². The van der Waals surface area contributed by atoms with E-state index in [0.717, 1.165) is 13.0 Å². The first-order valence-electron chi connectivity index (χ1n) is 10.1. The molecule has 3 rings (SSSR count). The maximum absolute atomic E-state index is 13.3. The van der Waals surface area contributed by atoms with Gasteiger partial charge in [-0.1, -0.05) is 18.2 Å². The number of carbonyl (C=O) groups excluding carboxylic acids is 3. The molecule has 11 heteroatoms. The zero-order chi connectivity index (χ0) is 25.8. The first-order valence-corrected chi connectivity index (χ1v) is 10.1. The van der Waals surface area contributed by atoms with Gasteiger partial charge in [-0.15, -0.1) is 0 Å². The third-order valence-corrected chi connectivity index (χ3v) is 4.97. The lowest BCUT2D eigenvalue weighted by atomic mass is 10.0. The number of rotatable bonds is 7. The number of aromatic nitrogens is 1. The molecule has 0 saturated carbocycles. The molecule has 0 saturated heterocycles. The highest BCUT2D eigenvalue weighted by molar-refractivity contribution is 6.12. The minimum Gasteiger partial charge on any atom is -0.530 e. The van der Waals surface area contributed by atoms with Gasteiger partial charge in [-0.25, -0.2) is 4.98 Å². The second-order valence-corrected chi connectivity index (χ2v) is 7.44. The number of aryl methyl sites for hydroxylation is 1. The molecule has 182 valence electrons. The van der Waals surface area contributed by atoms with E-state index in [1.54, 1.807) is 36.5 Å². The van der Waals surface area contributed by atoms with Gasteiger partial charge in [-0.2, -0.15) is 13.2 Å². The number of ether oxygens (including phenoxy) is 1. The summed E-state index contributed by atoms with van der Waals surface area (Å²) in [5.74, 6) is -1.11. The molecular formula is C24H19F3N3O5-. The first-order chi connectivity index (χ1) is 16.5. The molecule has 0 spiro atoms. The number of benzene rings is 2. The number of hydrogen-bond donors (Lipinski definition) is 2. The number of nitrogens with zero attached hydrogens (tertiary/aromatic N) is 1. The van der Waals surface area contributed by atoms with Crippen LogP contribution in [0.15, 0.2) is 54.7 Å². The number of alkyl halides is 3. The molecule has 2 aromatic carbocycles. The fourth-order valence-electron chi connectivity index (χ4n) is 3.32. The maximum atomic E-state index is 13.3. The Morgan fingerprint density at radius 3 is 2.31 bits per heavy atom. The minimum absolute atomic E-state index is 0.196. The van der Waals surface area contributed by atoms with Crippen molar-refractivity contribution in [3.63, 3.8) is 0 Å². The lowest BCUT2D eigenvalue weighted by molar-refractivity contribution is -0.242. The van der Waals surface area contributed by atoms with E-state index >= 15 is 0 Å². The number of methoxy groups -OCH3 is 1. The Morgan fingerprint density at radius 2 is 1.71 bits per heavy atom. The summed E-state index contributed by atoms with van der Waals surface area (Å²) in [6, 6.07) is 11.3. The molecule has 8 nitrogen and oxygen atoms in total. The Kier molecular flexibility index (Phi) is 7.38. The van der Waals surface area contributed by atoms with Crippen LogP contribution in [-0.4, -0.2) is 29.9 Å². The van der Waals surface area contributed by atoms with Gasteiger partial charge in [0.1, 0.15) is 6.09 Å². The minimum atomic E-state index is -4.74. The topological polar surface area (TPSA) is 120 Å². The molecule has 0 aliphatic carbocycles. The zero-order valence-corrected chi connectivity index (χ0v) is 18.5. The Balaban J connectivity index is 1.80. The van der Waals surface area contributed by atoms with Crippen LogP contribution >= 0.6 is 0 Å². The van der Waals surface area contributed by atoms with Gasteiger partial charge in [0.15, 0.2) is 5.78 Å². The summed E-state index contributed by atoms with van der Waals surface area (Å²) in [4.78, 5) is 40.2. The molecule has 0 aliphatic rings. The standard InChI is InChI=1S/C24H20F3N3O5/c1-13-8-18(30-23(33)34)19(10-17(13)24(25,26)27)29-21(32)11-20(31)15-5-3-4-14(9-15)16-6-7-22(35-2)28-12-16/h3-10,12,30H,11H2,1-2H3,(H,29,32)(H,33,34)/p-1. The number of pyridine rings is 1. The number of ketones is 1. The van der Waals surface area contributed by atoms with Crippen LogP contribution in [0.3, 0.4) is 0 Å². The predicted molar refractivity (Wildman–Crippen MR) is 119 cm³/mol. The number of hydrogen-bond acceptors (Lipinski definition) is 6. The van der Waals surface area contributed by atoms with Crippen molar-refractivity contribution in [2.45, 2.75) is 19.5 Å². The van der Waals surface area contributed by atoms with E-state index in [1.807, 2.05) is 5.32 Å². The second-order valence-electron chi connectivity index (χ2n) is 7.44. The average molecular weight is 486 g/mol. The van der Waals surface area contributed by atoms with E-state index in [1.165, 1.54) is 13.2 Å². The third-order valence-electron chi connectivity index (χ3n) is 4.97. The lowest BCUT2D eigenvalue weighted by Crippen LogP contribution is -2.29. The average Bonchev–Trinajstić information content (AvgIpc) is 2.79. The van der Waals surface area contributed by atoms with Crippen molar-refractivity contribution in [2.75, 3.05) is 17.7 Å². The number of carboxylic acid groups (broad SMARTS) is 1. The van der Waals surface area contributed by atoms with Gasteiger partial charge < -0.3 is 25.3 Å². The molecule has 0 radical (unpaired) electrons. The van der Waals surface area contributed by atoms with Gasteiger partial charge in [-0.3, -0.25) is 9.59 Å². The summed E-state index contributed by atoms with van der Waals surface area (Å²) in [6.45, 7) is 1.14. The van der Waals surface area contributed by atoms with Crippen molar-refractivity contribution in [1.82, 2.24) is 4.98 Å². The van der Waals surface area contributed by atoms with Crippen molar-refractivity contribution < 1.29 is 37.4 Å². The highest BCUT2D eigenvalue weighted by atomic mass is 19.4. The van der Waals surface area contributed by atoms with Crippen molar-refractivity contribution >= 4 is 29.2 Å². The molecule has 0 bridgehead atoms. The number of carbonyl (C=O) groups is 3. The SMILES string of the molecule is COc1ccc(-c2cccc(C(=O)CC(=O)Nc3cc(C(F)(F)F)c(C)cc3NC(=O)[O-])c2)cn1. The molecule has 1 aromatic heterocycles. The molecule has 2 amide bonds. The summed E-state index contributed by atoms with van der Waals surface area (Å²) in [6.07, 6.45) is -5.66. The van der Waals surface area contributed by atoms with Gasteiger partial charge in [0.25, 0.3) is 0 Å². The summed E-state index contributed by atoms with van der Waals surface area (Å²) >= 11 is 0. The van der Waals surface area contributed by atoms with E-state index in [2.05, 4.69) is 10.3 Å². The van der Waals surface area contributed by atoms with Crippen LogP contribution in [0.4, 0.5) is 29.3 Å². The lowest BCUT2D eigenvalue weighted by Gasteiger charge is -2.18. The quantitative estimate of drug-likeness (QED) is 0.384. The van der Waals surface area contributed by atoms with Crippen molar-refractivity contribution in [3.05, 3.63) is 71.4 Å². The highest BCUT2D eigenvalue weighted by Gasteiger charge is 2.33. The van der Waals surface area contributed by atoms with E-state index in [0.29, 0.717) is 23.1 Å². The molecule has 0 aliphatic heterocycles. The number of Topliss-reactive ketones (excluding diaryl/α,β-unsaturated/α-hetero) is 1. The van der Waals surface area contributed by atoms with Crippen LogP contribution in [0.5, 0.6) is 5.88 Å². The van der Waals surface area contributed by atoms with Gasteiger partial charge in [0, 0.05) is 23.4 Å². The third kappa shape index (κ3) is 6.34. The van der Waals surface area contributed by atoms with Crippen LogP contribution in [0, 0.1) is 6.92 Å². The Morgan fingerprint density at radius 1 is 1.00 bits per heavy atom. The van der Waals surface area contributed by atoms with Gasteiger partial charge in [0.2, 0.25) is 11.8 Å². The van der Waals surface area contributed by atoms with Crippen LogP contribution in [0.2, 0.25) is 0 Å². The molecule has 2 N–H and O–H groups in total. The van der Waals surface area contributed by atoms with Gasteiger partial charge >= 0.3 is 6.18 Å². The predicted octanol–water partition coefficient (Wildman–Crippen LogP) is 4.05. The van der Waals surface area contributed by atoms with Crippen LogP contribution in [0.25, 0.3) is 11.1 Å². The molecule has 0 unspecified atom stereocenters. The van der Waals surface area contributed by atoms with E-state index in [9.17, 15) is 32.7 Å². The van der Waals surface area contributed by atoms with Gasteiger partial charge in [0.05, 0.1) is 30.5 Å². The van der Waals surface area contributed by atoms with Crippen LogP contribution < -0.4 is 20.5 Å². The van der Waals surface area contributed by atoms with E-state index in [-0.39, 0.29) is 16.8 Å². The smallest absolute Gasteiger partial charge is 0.416 e. The fourth-order valence-corrected chi connectivity index (χ4v) is 3.32. The van der Waals surface area contributed by atoms with E-state index in [4.69, 9.17) is 4.74 Å². The molecule has 0 atom stereocenters. The summed E-state index contributed by atoms with van der Waals surface area (Å²) in [5, 5.41) is 14.9. The Hall–Kier alpha value is -4.41. The Bertz CT molecular complexity index is 1270. The number of halogens is 3. The monoisotopic (exact) mass is 486 g/mol. The molecule has 35 heavy (non-hydrogen) atoms. The summed E-state index contributed by atoms with van der Waals surface area (Å²) in [7, 11) is 1.48. The molecular weight excluding hydrogens is 467 g/mol. The van der Waals surface area contributed by atoms with Gasteiger partial charge in [-0.05, 0) is 42.3 Å².